The molecule has 2 rings (SSSR count). The van der Waals surface area contributed by atoms with Gasteiger partial charge in [0.25, 0.3) is 0 Å². The van der Waals surface area contributed by atoms with Gasteiger partial charge in [0.05, 0.1) is 6.04 Å². The van der Waals surface area contributed by atoms with E-state index in [4.69, 9.17) is 4.42 Å². The molecule has 0 fully saturated rings. The van der Waals surface area contributed by atoms with Gasteiger partial charge in [0.1, 0.15) is 11.3 Å². The first kappa shape index (κ1) is 13.2. The van der Waals surface area contributed by atoms with Crippen LogP contribution in [0.5, 0.6) is 0 Å². The molecule has 0 radical (unpaired) electrons. The Morgan fingerprint density at radius 2 is 1.89 bits per heavy atom. The Hall–Kier alpha value is -1.28. The molecule has 1 unspecified atom stereocenters. The van der Waals surface area contributed by atoms with Gasteiger partial charge >= 0.3 is 0 Å². The van der Waals surface area contributed by atoms with Gasteiger partial charge in [-0.2, -0.15) is 0 Å². The minimum absolute atomic E-state index is 0.173. The molecule has 1 aromatic carbocycles. The predicted octanol–water partition coefficient (Wildman–Crippen LogP) is 4.32. The van der Waals surface area contributed by atoms with Gasteiger partial charge in [0.15, 0.2) is 0 Å². The van der Waals surface area contributed by atoms with Gasteiger partial charge < -0.3 is 9.73 Å². The van der Waals surface area contributed by atoms with Crippen LogP contribution in [0.2, 0.25) is 0 Å². The Morgan fingerprint density at radius 1 is 1.22 bits per heavy atom. The number of hydrogen-bond acceptors (Lipinski definition) is 2. The minimum atomic E-state index is 0.173. The van der Waals surface area contributed by atoms with E-state index >= 15 is 0 Å². The lowest BCUT2D eigenvalue weighted by molar-refractivity contribution is 0.471. The largest absolute Gasteiger partial charge is 0.459 e. The summed E-state index contributed by atoms with van der Waals surface area (Å²) in [6.45, 7) is 11.0. The summed E-state index contributed by atoms with van der Waals surface area (Å²) in [4.78, 5) is 0. The van der Waals surface area contributed by atoms with Gasteiger partial charge in [0, 0.05) is 5.39 Å². The molecule has 18 heavy (non-hydrogen) atoms. The van der Waals surface area contributed by atoms with Gasteiger partial charge in [-0.25, -0.2) is 0 Å². The Labute approximate surface area is 109 Å². The van der Waals surface area contributed by atoms with Crippen LogP contribution in [0.4, 0.5) is 0 Å². The molecule has 0 amide bonds. The lowest BCUT2D eigenvalue weighted by Gasteiger charge is -2.18. The second kappa shape index (κ2) is 4.43. The zero-order valence-electron chi connectivity index (χ0n) is 12.2. The Bertz CT molecular complexity index is 560. The summed E-state index contributed by atoms with van der Waals surface area (Å²) in [5, 5.41) is 4.47. The third kappa shape index (κ3) is 2.17. The first-order valence-corrected chi connectivity index (χ1v) is 6.55. The standard InChI is InChI=1S/C16H23NO/c1-10-13-9-12(16(3,4)5)7-8-14(13)18-15(10)11(2)17-6/h7-9,11,17H,1-6H3. The smallest absolute Gasteiger partial charge is 0.134 e. The normalized spacial score (nSPS) is 14.1. The molecule has 0 aliphatic rings. The summed E-state index contributed by atoms with van der Waals surface area (Å²) in [5.74, 6) is 1.04. The van der Waals surface area contributed by atoms with Crippen molar-refractivity contribution in [1.29, 1.82) is 0 Å². The lowest BCUT2D eigenvalue weighted by atomic mass is 9.86. The molecule has 1 aromatic heterocycles. The van der Waals surface area contributed by atoms with Crippen molar-refractivity contribution in [3.63, 3.8) is 0 Å². The maximum Gasteiger partial charge on any atom is 0.134 e. The lowest BCUT2D eigenvalue weighted by Crippen LogP contribution is -2.12. The van der Waals surface area contributed by atoms with Gasteiger partial charge in [0.2, 0.25) is 0 Å². The molecule has 0 spiro atoms. The van der Waals surface area contributed by atoms with E-state index in [1.165, 1.54) is 16.5 Å². The zero-order chi connectivity index (χ0) is 13.5. The highest BCUT2D eigenvalue weighted by Crippen LogP contribution is 2.32. The topological polar surface area (TPSA) is 25.2 Å². The third-order valence-electron chi connectivity index (χ3n) is 3.67. The van der Waals surface area contributed by atoms with Gasteiger partial charge in [-0.15, -0.1) is 0 Å². The SMILES string of the molecule is CNC(C)c1oc2ccc(C(C)(C)C)cc2c1C. The van der Waals surface area contributed by atoms with Crippen molar-refractivity contribution in [3.05, 3.63) is 35.1 Å². The molecular weight excluding hydrogens is 222 g/mol. The monoisotopic (exact) mass is 245 g/mol. The van der Waals surface area contributed by atoms with Crippen LogP contribution in [0, 0.1) is 6.92 Å². The fourth-order valence-corrected chi connectivity index (χ4v) is 2.25. The van der Waals surface area contributed by atoms with Crippen molar-refractivity contribution >= 4 is 11.0 Å². The quantitative estimate of drug-likeness (QED) is 0.852. The van der Waals surface area contributed by atoms with Gasteiger partial charge in [-0.1, -0.05) is 26.8 Å². The van der Waals surface area contributed by atoms with Crippen molar-refractivity contribution in [2.75, 3.05) is 7.05 Å². The van der Waals surface area contributed by atoms with E-state index in [1.54, 1.807) is 0 Å². The van der Waals surface area contributed by atoms with Crippen LogP contribution < -0.4 is 5.32 Å². The van der Waals surface area contributed by atoms with Crippen LogP contribution in [0.1, 0.15) is 50.6 Å². The molecule has 0 saturated heterocycles. The van der Waals surface area contributed by atoms with Crippen LogP contribution in [-0.2, 0) is 5.41 Å². The molecule has 1 atom stereocenters. The summed E-state index contributed by atoms with van der Waals surface area (Å²) in [6, 6.07) is 6.77. The highest BCUT2D eigenvalue weighted by atomic mass is 16.3. The number of rotatable bonds is 2. The first-order chi connectivity index (χ1) is 8.34. The molecular formula is C16H23NO. The molecule has 2 nitrogen and oxygen atoms in total. The molecule has 98 valence electrons. The Kier molecular flexibility index (Phi) is 3.24. The average Bonchev–Trinajstić information content (AvgIpc) is 2.64. The van der Waals surface area contributed by atoms with Crippen LogP contribution in [0.25, 0.3) is 11.0 Å². The van der Waals surface area contributed by atoms with Crippen molar-refractivity contribution in [2.45, 2.75) is 46.1 Å². The van der Waals surface area contributed by atoms with Crippen molar-refractivity contribution in [3.8, 4) is 0 Å². The highest BCUT2D eigenvalue weighted by Gasteiger charge is 2.19. The maximum absolute atomic E-state index is 5.96. The number of benzene rings is 1. The fraction of sp³-hybridized carbons (Fsp3) is 0.500. The molecule has 2 heteroatoms. The second-order valence-electron chi connectivity index (χ2n) is 6.06. The van der Waals surface area contributed by atoms with Crippen LogP contribution in [0.3, 0.4) is 0 Å². The average molecular weight is 245 g/mol. The summed E-state index contributed by atoms with van der Waals surface area (Å²) in [6.07, 6.45) is 0. The van der Waals surface area contributed by atoms with Gasteiger partial charge in [-0.3, -0.25) is 0 Å². The summed E-state index contributed by atoms with van der Waals surface area (Å²) in [5.41, 5.74) is 3.75. The molecule has 2 aromatic rings. The number of nitrogens with one attached hydrogen (secondary N) is 1. The van der Waals surface area contributed by atoms with E-state index in [-0.39, 0.29) is 11.5 Å². The predicted molar refractivity (Wildman–Crippen MR) is 77.1 cm³/mol. The summed E-state index contributed by atoms with van der Waals surface area (Å²) >= 11 is 0. The molecule has 0 saturated carbocycles. The van der Waals surface area contributed by atoms with Crippen LogP contribution in [0.15, 0.2) is 22.6 Å². The maximum atomic E-state index is 5.96. The molecule has 1 N–H and O–H groups in total. The number of hydrogen-bond donors (Lipinski definition) is 1. The molecule has 1 heterocycles. The second-order valence-corrected chi connectivity index (χ2v) is 6.06. The first-order valence-electron chi connectivity index (χ1n) is 6.55. The number of furan rings is 1. The van der Waals surface area contributed by atoms with E-state index in [0.717, 1.165) is 11.3 Å². The third-order valence-corrected chi connectivity index (χ3v) is 3.67. The highest BCUT2D eigenvalue weighted by molar-refractivity contribution is 5.83. The summed E-state index contributed by atoms with van der Waals surface area (Å²) in [7, 11) is 1.96. The van der Waals surface area contributed by atoms with E-state index < -0.39 is 0 Å². The molecule has 0 bridgehead atoms. The van der Waals surface area contributed by atoms with E-state index in [9.17, 15) is 0 Å². The Morgan fingerprint density at radius 3 is 2.44 bits per heavy atom. The van der Waals surface area contributed by atoms with Crippen molar-refractivity contribution in [2.24, 2.45) is 0 Å². The molecule has 0 aliphatic heterocycles. The van der Waals surface area contributed by atoms with Crippen LogP contribution >= 0.6 is 0 Å². The van der Waals surface area contributed by atoms with E-state index in [2.05, 4.69) is 58.1 Å². The number of aryl methyl sites for hydroxylation is 1. The molecule has 0 aliphatic carbocycles. The van der Waals surface area contributed by atoms with E-state index in [1.807, 2.05) is 7.05 Å². The van der Waals surface area contributed by atoms with Crippen molar-refractivity contribution in [1.82, 2.24) is 5.32 Å². The van der Waals surface area contributed by atoms with Crippen molar-refractivity contribution < 1.29 is 4.42 Å². The summed E-state index contributed by atoms with van der Waals surface area (Å²) < 4.78 is 5.96. The number of fused-ring (bicyclic) bond motifs is 1. The van der Waals surface area contributed by atoms with E-state index in [0.29, 0.717) is 0 Å². The van der Waals surface area contributed by atoms with Gasteiger partial charge in [-0.05, 0) is 49.6 Å². The Balaban J connectivity index is 2.60. The fourth-order valence-electron chi connectivity index (χ4n) is 2.25. The van der Waals surface area contributed by atoms with Crippen LogP contribution in [-0.4, -0.2) is 7.05 Å². The minimum Gasteiger partial charge on any atom is -0.459 e. The zero-order valence-corrected chi connectivity index (χ0v) is 12.2.